The molecule has 0 fully saturated rings. The van der Waals surface area contributed by atoms with Crippen LogP contribution in [0.2, 0.25) is 0 Å². The highest BCUT2D eigenvalue weighted by atomic mass is 127. The molecular formula is C22H32IN5O2S. The molecule has 0 saturated carbocycles. The number of fused-ring (bicyclic) bond motifs is 1. The van der Waals surface area contributed by atoms with E-state index in [2.05, 4.69) is 50.9 Å². The summed E-state index contributed by atoms with van der Waals surface area (Å²) >= 11 is 1.70. The molecule has 0 spiro atoms. The van der Waals surface area contributed by atoms with E-state index in [1.807, 2.05) is 12.1 Å². The van der Waals surface area contributed by atoms with Crippen molar-refractivity contribution in [2.75, 3.05) is 27.3 Å². The first-order valence-electron chi connectivity index (χ1n) is 10.4. The molecule has 0 atom stereocenters. The molecule has 3 rings (SSSR count). The Bertz CT molecular complexity index is 986. The van der Waals surface area contributed by atoms with Crippen molar-refractivity contribution in [1.29, 1.82) is 0 Å². The van der Waals surface area contributed by atoms with Gasteiger partial charge in [0.15, 0.2) is 5.96 Å². The number of rotatable bonds is 10. The van der Waals surface area contributed by atoms with Gasteiger partial charge in [0, 0.05) is 41.7 Å². The summed E-state index contributed by atoms with van der Waals surface area (Å²) in [4.78, 5) is 12.7. The lowest BCUT2D eigenvalue weighted by Gasteiger charge is -2.10. The largest absolute Gasteiger partial charge is 0.497 e. The Morgan fingerprint density at radius 3 is 2.68 bits per heavy atom. The minimum Gasteiger partial charge on any atom is -0.497 e. The van der Waals surface area contributed by atoms with Crippen LogP contribution in [-0.4, -0.2) is 43.2 Å². The van der Waals surface area contributed by atoms with Gasteiger partial charge in [0.1, 0.15) is 11.5 Å². The van der Waals surface area contributed by atoms with E-state index in [0.717, 1.165) is 71.4 Å². The normalized spacial score (nSPS) is 11.3. The number of aliphatic imine (C=N–C) groups is 1. The predicted molar refractivity (Wildman–Crippen MR) is 139 cm³/mol. The predicted octanol–water partition coefficient (Wildman–Crippen LogP) is 4.51. The summed E-state index contributed by atoms with van der Waals surface area (Å²) < 4.78 is 10.8. The number of ether oxygens (including phenoxy) is 2. The molecule has 31 heavy (non-hydrogen) atoms. The van der Waals surface area contributed by atoms with Crippen LogP contribution in [0.15, 0.2) is 28.6 Å². The molecule has 0 unspecified atom stereocenters. The third kappa shape index (κ3) is 6.99. The van der Waals surface area contributed by atoms with Crippen molar-refractivity contribution in [3.63, 3.8) is 0 Å². The summed E-state index contributed by atoms with van der Waals surface area (Å²) in [5.41, 5.74) is 3.23. The summed E-state index contributed by atoms with van der Waals surface area (Å²) in [7, 11) is 3.35. The van der Waals surface area contributed by atoms with Crippen LogP contribution < -0.4 is 20.1 Å². The van der Waals surface area contributed by atoms with Gasteiger partial charge in [-0.3, -0.25) is 0 Å². The molecule has 170 valence electrons. The smallest absolute Gasteiger partial charge is 0.191 e. The molecule has 2 aromatic heterocycles. The number of H-pyrrole nitrogens is 1. The van der Waals surface area contributed by atoms with Crippen LogP contribution in [0.5, 0.6) is 11.5 Å². The van der Waals surface area contributed by atoms with Crippen LogP contribution in [0.3, 0.4) is 0 Å². The third-order valence-electron chi connectivity index (χ3n) is 4.75. The van der Waals surface area contributed by atoms with E-state index >= 15 is 0 Å². The van der Waals surface area contributed by atoms with Crippen molar-refractivity contribution in [2.45, 2.75) is 39.7 Å². The van der Waals surface area contributed by atoms with Crippen LogP contribution in [0, 0.1) is 0 Å². The van der Waals surface area contributed by atoms with Crippen molar-refractivity contribution in [1.82, 2.24) is 20.6 Å². The standard InChI is InChI=1S/C22H31N5O2S.HI/c1-5-21-27-16(14-30-21)13-25-22(23-6-2)24-9-7-8-15-10-18-19(26-15)11-17(28-3)12-20(18)29-4;/h10-12,14,26H,5-9,13H2,1-4H3,(H2,23,24,25);1H. The summed E-state index contributed by atoms with van der Waals surface area (Å²) in [6, 6.07) is 6.06. The molecule has 7 nitrogen and oxygen atoms in total. The van der Waals surface area contributed by atoms with Crippen molar-refractivity contribution in [2.24, 2.45) is 4.99 Å². The highest BCUT2D eigenvalue weighted by Gasteiger charge is 2.09. The quantitative estimate of drug-likeness (QED) is 0.148. The molecule has 2 heterocycles. The van der Waals surface area contributed by atoms with Crippen molar-refractivity contribution in [3.8, 4) is 11.5 Å². The summed E-state index contributed by atoms with van der Waals surface area (Å²) in [6.45, 7) is 6.44. The number of aromatic amines is 1. The Morgan fingerprint density at radius 1 is 1.16 bits per heavy atom. The number of aromatic nitrogens is 2. The van der Waals surface area contributed by atoms with Gasteiger partial charge in [-0.15, -0.1) is 35.3 Å². The Balaban J connectivity index is 0.00000341. The third-order valence-corrected chi connectivity index (χ3v) is 5.79. The van der Waals surface area contributed by atoms with Gasteiger partial charge in [-0.05, 0) is 32.3 Å². The minimum absolute atomic E-state index is 0. The van der Waals surface area contributed by atoms with Crippen LogP contribution in [0.1, 0.15) is 36.7 Å². The van der Waals surface area contributed by atoms with Crippen molar-refractivity contribution < 1.29 is 9.47 Å². The maximum Gasteiger partial charge on any atom is 0.191 e. The fraction of sp³-hybridized carbons (Fsp3) is 0.455. The Kier molecular flexibility index (Phi) is 10.4. The SMILES string of the molecule is CCNC(=NCc1csc(CC)n1)NCCCc1cc2c(OC)cc(OC)cc2[nH]1.I. The van der Waals surface area contributed by atoms with Crippen LogP contribution in [0.25, 0.3) is 10.9 Å². The fourth-order valence-electron chi connectivity index (χ4n) is 3.23. The average Bonchev–Trinajstić information content (AvgIpc) is 3.40. The lowest BCUT2D eigenvalue weighted by molar-refractivity contribution is 0.398. The Labute approximate surface area is 205 Å². The number of methoxy groups -OCH3 is 2. The molecule has 3 N–H and O–H groups in total. The number of guanidine groups is 1. The van der Waals surface area contributed by atoms with Gasteiger partial charge in [-0.25, -0.2) is 9.98 Å². The molecule has 0 aliphatic carbocycles. The molecule has 0 bridgehead atoms. The molecular weight excluding hydrogens is 525 g/mol. The lowest BCUT2D eigenvalue weighted by atomic mass is 10.2. The van der Waals surface area contributed by atoms with Gasteiger partial charge in [0.25, 0.3) is 0 Å². The molecule has 9 heteroatoms. The van der Waals surface area contributed by atoms with Crippen molar-refractivity contribution >= 4 is 52.2 Å². The number of thiazole rings is 1. The number of nitrogens with one attached hydrogen (secondary N) is 3. The second-order valence-electron chi connectivity index (χ2n) is 6.90. The average molecular weight is 558 g/mol. The van der Waals surface area contributed by atoms with E-state index in [0.29, 0.717) is 6.54 Å². The van der Waals surface area contributed by atoms with E-state index in [1.165, 1.54) is 5.69 Å². The number of benzene rings is 1. The zero-order chi connectivity index (χ0) is 21.3. The molecule has 3 aromatic rings. The number of aryl methyl sites for hydroxylation is 2. The van der Waals surface area contributed by atoms with Gasteiger partial charge >= 0.3 is 0 Å². The van der Waals surface area contributed by atoms with Gasteiger partial charge < -0.3 is 25.1 Å². The van der Waals surface area contributed by atoms with Gasteiger partial charge in [-0.1, -0.05) is 6.92 Å². The van der Waals surface area contributed by atoms with E-state index in [9.17, 15) is 0 Å². The van der Waals surface area contributed by atoms with Crippen LogP contribution >= 0.6 is 35.3 Å². The van der Waals surface area contributed by atoms with Gasteiger partial charge in [-0.2, -0.15) is 0 Å². The van der Waals surface area contributed by atoms with Crippen LogP contribution in [-0.2, 0) is 19.4 Å². The molecule has 0 aliphatic rings. The summed E-state index contributed by atoms with van der Waals surface area (Å²) in [6.07, 6.45) is 2.88. The first-order chi connectivity index (χ1) is 14.7. The molecule has 0 aliphatic heterocycles. The van der Waals surface area contributed by atoms with E-state index in [-0.39, 0.29) is 24.0 Å². The molecule has 0 amide bonds. The topological polar surface area (TPSA) is 83.6 Å². The molecule has 1 aromatic carbocycles. The Hall–Kier alpha value is -2.01. The number of nitrogens with zero attached hydrogens (tertiary/aromatic N) is 2. The maximum absolute atomic E-state index is 5.50. The molecule has 0 saturated heterocycles. The fourth-order valence-corrected chi connectivity index (χ4v) is 3.97. The van der Waals surface area contributed by atoms with E-state index < -0.39 is 0 Å². The summed E-state index contributed by atoms with van der Waals surface area (Å²) in [5.74, 6) is 2.43. The van der Waals surface area contributed by atoms with E-state index in [4.69, 9.17) is 9.47 Å². The second kappa shape index (κ2) is 12.7. The van der Waals surface area contributed by atoms with Gasteiger partial charge in [0.05, 0.1) is 37.0 Å². The lowest BCUT2D eigenvalue weighted by Crippen LogP contribution is -2.37. The highest BCUT2D eigenvalue weighted by Crippen LogP contribution is 2.31. The maximum atomic E-state index is 5.50. The minimum atomic E-state index is 0. The Morgan fingerprint density at radius 2 is 2.00 bits per heavy atom. The number of hydrogen-bond acceptors (Lipinski definition) is 5. The highest BCUT2D eigenvalue weighted by molar-refractivity contribution is 14.0. The van der Waals surface area contributed by atoms with Crippen molar-refractivity contribution in [3.05, 3.63) is 40.0 Å². The monoisotopic (exact) mass is 557 g/mol. The van der Waals surface area contributed by atoms with E-state index in [1.54, 1.807) is 25.6 Å². The van der Waals surface area contributed by atoms with Crippen LogP contribution in [0.4, 0.5) is 0 Å². The summed E-state index contributed by atoms with van der Waals surface area (Å²) in [5, 5.41) is 11.0. The first-order valence-corrected chi connectivity index (χ1v) is 11.2. The second-order valence-corrected chi connectivity index (χ2v) is 7.84. The van der Waals surface area contributed by atoms with Gasteiger partial charge in [0.2, 0.25) is 0 Å². The zero-order valence-corrected chi connectivity index (χ0v) is 21.7. The zero-order valence-electron chi connectivity index (χ0n) is 18.6. The number of hydrogen-bond donors (Lipinski definition) is 3. The molecule has 0 radical (unpaired) electrons. The first kappa shape index (κ1) is 25.3. The number of halogens is 1.